The molecule has 0 spiro atoms. The van der Waals surface area contributed by atoms with E-state index in [1.807, 2.05) is 19.1 Å². The van der Waals surface area contributed by atoms with Crippen molar-refractivity contribution < 1.29 is 14.7 Å². The average Bonchev–Trinajstić information content (AvgIpc) is 2.41. The highest BCUT2D eigenvalue weighted by molar-refractivity contribution is 14.1. The van der Waals surface area contributed by atoms with Gasteiger partial charge in [0, 0.05) is 15.7 Å². The summed E-state index contributed by atoms with van der Waals surface area (Å²) in [6, 6.07) is 4.87. The van der Waals surface area contributed by atoms with E-state index in [4.69, 9.17) is 0 Å². The zero-order chi connectivity index (χ0) is 14.0. The van der Waals surface area contributed by atoms with Gasteiger partial charge in [0.2, 0.25) is 0 Å². The number of carbonyl (C=O) groups is 2. The molecule has 5 heteroatoms. The van der Waals surface area contributed by atoms with Crippen LogP contribution in [-0.4, -0.2) is 34.5 Å². The molecule has 19 heavy (non-hydrogen) atoms. The highest BCUT2D eigenvalue weighted by atomic mass is 127. The molecule has 1 aromatic carbocycles. The molecule has 1 heterocycles. The van der Waals surface area contributed by atoms with Gasteiger partial charge in [-0.3, -0.25) is 4.79 Å². The van der Waals surface area contributed by atoms with Crippen LogP contribution in [0.3, 0.4) is 0 Å². The Kier molecular flexibility index (Phi) is 4.44. The molecule has 4 nitrogen and oxygen atoms in total. The molecule has 0 unspecified atom stereocenters. The minimum Gasteiger partial charge on any atom is -0.480 e. The SMILES string of the molecule is Cc1c(I)cccc1C(=O)N1CCCC[C@@H]1C(=O)O. The van der Waals surface area contributed by atoms with E-state index < -0.39 is 12.0 Å². The first-order chi connectivity index (χ1) is 9.02. The van der Waals surface area contributed by atoms with Crippen molar-refractivity contribution in [1.82, 2.24) is 4.90 Å². The molecule has 0 radical (unpaired) electrons. The van der Waals surface area contributed by atoms with Gasteiger partial charge in [-0.1, -0.05) is 6.07 Å². The van der Waals surface area contributed by atoms with Crippen molar-refractivity contribution in [2.75, 3.05) is 6.54 Å². The second kappa shape index (κ2) is 5.90. The van der Waals surface area contributed by atoms with Crippen LogP contribution in [0.2, 0.25) is 0 Å². The maximum absolute atomic E-state index is 12.5. The van der Waals surface area contributed by atoms with E-state index in [1.165, 1.54) is 4.90 Å². The summed E-state index contributed by atoms with van der Waals surface area (Å²) in [5, 5.41) is 9.23. The van der Waals surface area contributed by atoms with E-state index in [1.54, 1.807) is 6.07 Å². The lowest BCUT2D eigenvalue weighted by molar-refractivity contribution is -0.143. The molecular weight excluding hydrogens is 357 g/mol. The largest absolute Gasteiger partial charge is 0.480 e. The summed E-state index contributed by atoms with van der Waals surface area (Å²) in [4.78, 5) is 25.3. The fourth-order valence-corrected chi connectivity index (χ4v) is 2.92. The normalized spacial score (nSPS) is 19.3. The zero-order valence-electron chi connectivity index (χ0n) is 10.7. The van der Waals surface area contributed by atoms with Gasteiger partial charge in [0.05, 0.1) is 0 Å². The summed E-state index contributed by atoms with van der Waals surface area (Å²) in [7, 11) is 0. The lowest BCUT2D eigenvalue weighted by atomic mass is 9.99. The van der Waals surface area contributed by atoms with Crippen LogP contribution < -0.4 is 0 Å². The number of amides is 1. The third-order valence-electron chi connectivity index (χ3n) is 3.55. The van der Waals surface area contributed by atoms with Crippen molar-refractivity contribution in [3.05, 3.63) is 32.9 Å². The number of aliphatic carboxylic acids is 1. The van der Waals surface area contributed by atoms with Gasteiger partial charge < -0.3 is 10.0 Å². The number of likely N-dealkylation sites (tertiary alicyclic amines) is 1. The number of hydrogen-bond acceptors (Lipinski definition) is 2. The molecule has 1 aliphatic rings. The summed E-state index contributed by atoms with van der Waals surface area (Å²) in [5.41, 5.74) is 1.53. The molecule has 1 N–H and O–H groups in total. The van der Waals surface area contributed by atoms with Gasteiger partial charge >= 0.3 is 5.97 Å². The Labute approximate surface area is 125 Å². The number of rotatable bonds is 2. The van der Waals surface area contributed by atoms with Crippen LogP contribution in [0.4, 0.5) is 0 Å². The van der Waals surface area contributed by atoms with Crippen molar-refractivity contribution in [3.63, 3.8) is 0 Å². The molecule has 1 fully saturated rings. The highest BCUT2D eigenvalue weighted by Gasteiger charge is 2.32. The average molecular weight is 373 g/mol. The molecule has 0 bridgehead atoms. The number of carboxylic acid groups (broad SMARTS) is 1. The second-order valence-electron chi connectivity index (χ2n) is 4.76. The lowest BCUT2D eigenvalue weighted by Crippen LogP contribution is -2.48. The van der Waals surface area contributed by atoms with Gasteiger partial charge in [-0.15, -0.1) is 0 Å². The maximum atomic E-state index is 12.5. The first-order valence-electron chi connectivity index (χ1n) is 6.31. The van der Waals surface area contributed by atoms with Gasteiger partial charge in [-0.25, -0.2) is 4.79 Å². The molecule has 1 aliphatic heterocycles. The molecule has 2 rings (SSSR count). The smallest absolute Gasteiger partial charge is 0.326 e. The van der Waals surface area contributed by atoms with Crippen LogP contribution in [0.15, 0.2) is 18.2 Å². The first-order valence-corrected chi connectivity index (χ1v) is 7.39. The zero-order valence-corrected chi connectivity index (χ0v) is 12.9. The van der Waals surface area contributed by atoms with Gasteiger partial charge in [0.15, 0.2) is 0 Å². The lowest BCUT2D eigenvalue weighted by Gasteiger charge is -2.33. The second-order valence-corrected chi connectivity index (χ2v) is 5.92. The topological polar surface area (TPSA) is 57.6 Å². The summed E-state index contributed by atoms with van der Waals surface area (Å²) in [6.45, 7) is 2.43. The van der Waals surface area contributed by atoms with Crippen LogP contribution >= 0.6 is 22.6 Å². The predicted molar refractivity (Wildman–Crippen MR) is 80.2 cm³/mol. The van der Waals surface area contributed by atoms with E-state index in [9.17, 15) is 14.7 Å². The summed E-state index contributed by atoms with van der Waals surface area (Å²) in [6.07, 6.45) is 2.29. The van der Waals surface area contributed by atoms with E-state index in [0.717, 1.165) is 22.0 Å². The number of carbonyl (C=O) groups excluding carboxylic acids is 1. The van der Waals surface area contributed by atoms with Crippen molar-refractivity contribution in [3.8, 4) is 0 Å². The van der Waals surface area contributed by atoms with Crippen LogP contribution in [-0.2, 0) is 4.79 Å². The van der Waals surface area contributed by atoms with Crippen molar-refractivity contribution in [2.45, 2.75) is 32.2 Å². The minimum absolute atomic E-state index is 0.164. The van der Waals surface area contributed by atoms with Crippen molar-refractivity contribution >= 4 is 34.5 Å². The molecular formula is C14H16INO3. The number of halogens is 1. The van der Waals surface area contributed by atoms with Gasteiger partial charge in [-0.2, -0.15) is 0 Å². The van der Waals surface area contributed by atoms with Crippen LogP contribution in [0, 0.1) is 10.5 Å². The van der Waals surface area contributed by atoms with Crippen LogP contribution in [0.5, 0.6) is 0 Å². The molecule has 1 saturated heterocycles. The monoisotopic (exact) mass is 373 g/mol. The van der Waals surface area contributed by atoms with E-state index in [0.29, 0.717) is 18.5 Å². The standard InChI is InChI=1S/C14H16INO3/c1-9-10(5-4-6-11(9)15)13(17)16-8-3-2-7-12(16)14(18)19/h4-6,12H,2-3,7-8H2,1H3,(H,18,19)/t12-/m1/s1. The Morgan fingerprint density at radius 3 is 2.79 bits per heavy atom. The Morgan fingerprint density at radius 2 is 2.11 bits per heavy atom. The minimum atomic E-state index is -0.906. The fraction of sp³-hybridized carbons (Fsp3) is 0.429. The maximum Gasteiger partial charge on any atom is 0.326 e. The Morgan fingerprint density at radius 1 is 1.37 bits per heavy atom. The number of benzene rings is 1. The molecule has 1 amide bonds. The summed E-state index contributed by atoms with van der Waals surface area (Å²) >= 11 is 2.19. The molecule has 1 aromatic rings. The summed E-state index contributed by atoms with van der Waals surface area (Å²) < 4.78 is 1.02. The fourth-order valence-electron chi connectivity index (χ4n) is 2.43. The number of piperidine rings is 1. The molecule has 0 aliphatic carbocycles. The Hall–Kier alpha value is -1.11. The van der Waals surface area contributed by atoms with Gasteiger partial charge in [-0.05, 0) is 66.5 Å². The molecule has 0 saturated carbocycles. The molecule has 102 valence electrons. The Bertz CT molecular complexity index is 515. The number of carboxylic acids is 1. The third kappa shape index (κ3) is 2.91. The number of nitrogens with zero attached hydrogens (tertiary/aromatic N) is 1. The van der Waals surface area contributed by atoms with Crippen molar-refractivity contribution in [1.29, 1.82) is 0 Å². The molecule has 0 aromatic heterocycles. The predicted octanol–water partition coefficient (Wildman–Crippen LogP) is 2.68. The van der Waals surface area contributed by atoms with E-state index >= 15 is 0 Å². The third-order valence-corrected chi connectivity index (χ3v) is 4.72. The molecule has 1 atom stereocenters. The first kappa shape index (κ1) is 14.3. The van der Waals surface area contributed by atoms with Gasteiger partial charge in [0.1, 0.15) is 6.04 Å². The van der Waals surface area contributed by atoms with Crippen LogP contribution in [0.1, 0.15) is 35.2 Å². The highest BCUT2D eigenvalue weighted by Crippen LogP contribution is 2.23. The quantitative estimate of drug-likeness (QED) is 0.812. The van der Waals surface area contributed by atoms with Crippen LogP contribution in [0.25, 0.3) is 0 Å². The summed E-state index contributed by atoms with van der Waals surface area (Å²) in [5.74, 6) is -1.07. The van der Waals surface area contributed by atoms with Crippen molar-refractivity contribution in [2.24, 2.45) is 0 Å². The van der Waals surface area contributed by atoms with E-state index in [-0.39, 0.29) is 5.91 Å². The number of hydrogen-bond donors (Lipinski definition) is 1. The van der Waals surface area contributed by atoms with E-state index in [2.05, 4.69) is 22.6 Å². The Balaban J connectivity index is 2.31. The van der Waals surface area contributed by atoms with Gasteiger partial charge in [0.25, 0.3) is 5.91 Å².